The Balaban J connectivity index is 1.49. The van der Waals surface area contributed by atoms with Gasteiger partial charge in [0, 0.05) is 51.1 Å². The standard InChI is InChI=1S/C16H26N4O3/c1-2-20-12-13(11-18-20)15-14(3-8-23-15)16(21)17-4-5-19-6-9-22-10-7-19/h11-12,14-15H,2-10H2,1H3,(H,17,21)/t14-,15+/m0/s1. The molecule has 2 aliphatic rings. The maximum absolute atomic E-state index is 12.5. The number of aromatic nitrogens is 2. The number of carbonyl (C=O) groups excluding carboxylic acids is 1. The van der Waals surface area contributed by atoms with Crippen LogP contribution in [0, 0.1) is 5.92 Å². The molecule has 1 aromatic rings. The summed E-state index contributed by atoms with van der Waals surface area (Å²) >= 11 is 0. The first-order valence-corrected chi connectivity index (χ1v) is 8.49. The first-order valence-electron chi connectivity index (χ1n) is 8.49. The van der Waals surface area contributed by atoms with Gasteiger partial charge in [-0.1, -0.05) is 0 Å². The Morgan fingerprint density at radius 3 is 2.96 bits per heavy atom. The van der Waals surface area contributed by atoms with Gasteiger partial charge in [0.25, 0.3) is 0 Å². The second-order valence-electron chi connectivity index (χ2n) is 6.06. The van der Waals surface area contributed by atoms with E-state index in [0.717, 1.165) is 51.4 Å². The zero-order valence-electron chi connectivity index (χ0n) is 13.7. The molecule has 0 aromatic carbocycles. The highest BCUT2D eigenvalue weighted by molar-refractivity contribution is 5.79. The summed E-state index contributed by atoms with van der Waals surface area (Å²) in [6.07, 6.45) is 4.39. The van der Waals surface area contributed by atoms with Crippen LogP contribution in [0.25, 0.3) is 0 Å². The number of morpholine rings is 1. The Morgan fingerprint density at radius 2 is 2.22 bits per heavy atom. The molecule has 2 aliphatic heterocycles. The van der Waals surface area contributed by atoms with Gasteiger partial charge in [0.05, 0.1) is 31.4 Å². The summed E-state index contributed by atoms with van der Waals surface area (Å²) in [6.45, 7) is 8.51. The number of carbonyl (C=O) groups is 1. The minimum Gasteiger partial charge on any atom is -0.379 e. The fourth-order valence-electron chi connectivity index (χ4n) is 3.18. The van der Waals surface area contributed by atoms with Gasteiger partial charge in [-0.15, -0.1) is 0 Å². The Bertz CT molecular complexity index is 513. The van der Waals surface area contributed by atoms with Crippen molar-refractivity contribution in [3.63, 3.8) is 0 Å². The molecule has 0 bridgehead atoms. The van der Waals surface area contributed by atoms with Crippen molar-refractivity contribution in [1.82, 2.24) is 20.0 Å². The zero-order valence-corrected chi connectivity index (χ0v) is 13.7. The van der Waals surface area contributed by atoms with E-state index >= 15 is 0 Å². The molecule has 1 amide bonds. The molecule has 0 radical (unpaired) electrons. The Morgan fingerprint density at radius 1 is 1.39 bits per heavy atom. The van der Waals surface area contributed by atoms with E-state index in [1.807, 2.05) is 24.0 Å². The molecule has 2 saturated heterocycles. The van der Waals surface area contributed by atoms with Crippen LogP contribution in [-0.4, -0.2) is 66.6 Å². The van der Waals surface area contributed by atoms with Crippen molar-refractivity contribution >= 4 is 5.91 Å². The molecular weight excluding hydrogens is 296 g/mol. The van der Waals surface area contributed by atoms with Crippen molar-refractivity contribution in [3.8, 4) is 0 Å². The minimum absolute atomic E-state index is 0.0880. The molecule has 7 nitrogen and oxygen atoms in total. The van der Waals surface area contributed by atoms with Crippen LogP contribution in [0.5, 0.6) is 0 Å². The molecule has 7 heteroatoms. The van der Waals surface area contributed by atoms with E-state index in [4.69, 9.17) is 9.47 Å². The van der Waals surface area contributed by atoms with Gasteiger partial charge in [-0.2, -0.15) is 5.10 Å². The van der Waals surface area contributed by atoms with Crippen LogP contribution >= 0.6 is 0 Å². The van der Waals surface area contributed by atoms with Gasteiger partial charge in [-0.05, 0) is 13.3 Å². The highest BCUT2D eigenvalue weighted by Crippen LogP contribution is 2.34. The molecule has 0 saturated carbocycles. The normalized spacial score (nSPS) is 25.6. The van der Waals surface area contributed by atoms with E-state index in [9.17, 15) is 4.79 Å². The maximum atomic E-state index is 12.5. The van der Waals surface area contributed by atoms with Crippen molar-refractivity contribution in [3.05, 3.63) is 18.0 Å². The highest BCUT2D eigenvalue weighted by atomic mass is 16.5. The monoisotopic (exact) mass is 322 g/mol. The van der Waals surface area contributed by atoms with Crippen LogP contribution in [0.1, 0.15) is 25.0 Å². The number of nitrogens with one attached hydrogen (secondary N) is 1. The molecule has 1 N–H and O–H groups in total. The van der Waals surface area contributed by atoms with Crippen molar-refractivity contribution in [1.29, 1.82) is 0 Å². The average molecular weight is 322 g/mol. The molecule has 2 fully saturated rings. The number of nitrogens with zero attached hydrogens (tertiary/aromatic N) is 3. The summed E-state index contributed by atoms with van der Waals surface area (Å²) in [5.74, 6) is -0.0285. The molecule has 0 aliphatic carbocycles. The Kier molecular flexibility index (Phi) is 5.64. The second kappa shape index (κ2) is 7.90. The van der Waals surface area contributed by atoms with E-state index in [1.54, 1.807) is 0 Å². The van der Waals surface area contributed by atoms with Gasteiger partial charge in [-0.3, -0.25) is 14.4 Å². The van der Waals surface area contributed by atoms with Crippen LogP contribution in [0.3, 0.4) is 0 Å². The van der Waals surface area contributed by atoms with E-state index in [2.05, 4.69) is 15.3 Å². The fourth-order valence-corrected chi connectivity index (χ4v) is 3.18. The highest BCUT2D eigenvalue weighted by Gasteiger charge is 2.35. The summed E-state index contributed by atoms with van der Waals surface area (Å²) in [6, 6.07) is 0. The Hall–Kier alpha value is -1.44. The lowest BCUT2D eigenvalue weighted by Crippen LogP contribution is -2.42. The molecule has 3 rings (SSSR count). The quantitative estimate of drug-likeness (QED) is 0.822. The van der Waals surface area contributed by atoms with Gasteiger partial charge in [0.15, 0.2) is 0 Å². The van der Waals surface area contributed by atoms with E-state index in [1.165, 1.54) is 0 Å². The predicted molar refractivity (Wildman–Crippen MR) is 85.0 cm³/mol. The first-order chi connectivity index (χ1) is 11.3. The number of hydrogen-bond acceptors (Lipinski definition) is 5. The average Bonchev–Trinajstić information content (AvgIpc) is 3.24. The minimum atomic E-state index is -0.168. The van der Waals surface area contributed by atoms with Gasteiger partial charge < -0.3 is 14.8 Å². The molecule has 1 aromatic heterocycles. The predicted octanol–water partition coefficient (Wildman–Crippen LogP) is 0.429. The largest absolute Gasteiger partial charge is 0.379 e. The van der Waals surface area contributed by atoms with Crippen LogP contribution in [0.2, 0.25) is 0 Å². The number of aryl methyl sites for hydroxylation is 1. The van der Waals surface area contributed by atoms with Gasteiger partial charge in [-0.25, -0.2) is 0 Å². The number of amides is 1. The molecule has 128 valence electrons. The lowest BCUT2D eigenvalue weighted by molar-refractivity contribution is -0.126. The third-order valence-corrected chi connectivity index (χ3v) is 4.57. The third kappa shape index (κ3) is 4.10. The van der Waals surface area contributed by atoms with Crippen LogP contribution in [0.4, 0.5) is 0 Å². The number of rotatable bonds is 6. The maximum Gasteiger partial charge on any atom is 0.226 e. The summed E-state index contributed by atoms with van der Waals surface area (Å²) in [5.41, 5.74) is 0.998. The summed E-state index contributed by atoms with van der Waals surface area (Å²) in [4.78, 5) is 14.8. The van der Waals surface area contributed by atoms with Crippen molar-refractivity contribution in [2.75, 3.05) is 46.0 Å². The van der Waals surface area contributed by atoms with Crippen LogP contribution in [-0.2, 0) is 20.8 Å². The van der Waals surface area contributed by atoms with Crippen molar-refractivity contribution in [2.24, 2.45) is 5.92 Å². The van der Waals surface area contributed by atoms with E-state index in [0.29, 0.717) is 13.2 Å². The van der Waals surface area contributed by atoms with Gasteiger partial charge in [0.2, 0.25) is 5.91 Å². The lowest BCUT2D eigenvalue weighted by Gasteiger charge is -2.26. The molecule has 3 heterocycles. The fraction of sp³-hybridized carbons (Fsp3) is 0.750. The van der Waals surface area contributed by atoms with E-state index in [-0.39, 0.29) is 17.9 Å². The van der Waals surface area contributed by atoms with Gasteiger partial charge in [0.1, 0.15) is 0 Å². The van der Waals surface area contributed by atoms with Crippen molar-refractivity contribution in [2.45, 2.75) is 26.0 Å². The molecule has 2 atom stereocenters. The Labute approximate surface area is 136 Å². The summed E-state index contributed by atoms with van der Waals surface area (Å²) in [7, 11) is 0. The number of ether oxygens (including phenoxy) is 2. The van der Waals surface area contributed by atoms with Crippen molar-refractivity contribution < 1.29 is 14.3 Å². The second-order valence-corrected chi connectivity index (χ2v) is 6.06. The first kappa shape index (κ1) is 16.4. The van der Waals surface area contributed by atoms with Crippen LogP contribution in [0.15, 0.2) is 12.4 Å². The third-order valence-electron chi connectivity index (χ3n) is 4.57. The van der Waals surface area contributed by atoms with Crippen LogP contribution < -0.4 is 5.32 Å². The SMILES string of the molecule is CCn1cc([C@H]2OCC[C@@H]2C(=O)NCCN2CCOCC2)cn1. The number of hydrogen-bond donors (Lipinski definition) is 1. The molecular formula is C16H26N4O3. The molecule has 0 unspecified atom stereocenters. The smallest absolute Gasteiger partial charge is 0.226 e. The summed E-state index contributed by atoms with van der Waals surface area (Å²) < 4.78 is 13.0. The van der Waals surface area contributed by atoms with E-state index < -0.39 is 0 Å². The van der Waals surface area contributed by atoms with Gasteiger partial charge >= 0.3 is 0 Å². The zero-order chi connectivity index (χ0) is 16.1. The topological polar surface area (TPSA) is 68.6 Å². The molecule has 23 heavy (non-hydrogen) atoms. The summed E-state index contributed by atoms with van der Waals surface area (Å²) in [5, 5.41) is 7.35. The lowest BCUT2D eigenvalue weighted by atomic mass is 9.96. The molecule has 0 spiro atoms.